The topological polar surface area (TPSA) is 417 Å². The summed E-state index contributed by atoms with van der Waals surface area (Å²) in [6.07, 6.45) is 13.6. The van der Waals surface area contributed by atoms with Crippen LogP contribution in [0.5, 0.6) is 0 Å². The highest BCUT2D eigenvalue weighted by molar-refractivity contribution is 6.03. The minimum absolute atomic E-state index is 0.0361. The first-order valence-corrected chi connectivity index (χ1v) is 44.2. The standard InChI is InChI=1S/C95H143N13O20/c1-27-31-69-76(40-44-109)127-45-41-66(110)38-35-61(17)95(69)68-39-37-65(52-67(68)94(125)128-95)84(115)97-43-47-126-46-42-96-82(113)60(16)34-36-64(28-2)32-30-33-71-81(112)80-93(124)108(71)70(29-3)88(119)101(20)53-77(111)102(21)72(48-54(4)5)86(117)100-78(58(12)13)91(122)103(22)73(49-55(6)7)85(116)98-62(18)83(114)99-63(19)87(118)104(23)74(50-56(8)9)89(120)105(24)75(51-57(10)11)90(121)106(25)79(59(14)15)92(123)107(80)26/h27-28,30-32,34-41,52,54-59,62-63,70-75,78-81,89,109-110,112,120H,1-2,17,29,33,42-51,53H2,3-16,18-26H3,(H,96,113)(H,97,115)(H,98,116)(H,99,114)(H,100,117)/b32-30+,38-35-,60-34+,64-36+,66-41+,69-31+,76-40+/t62?,63-,70+,71?,72?,73+,74?,75?,78?,79+,80+,81-,89+,95?/m1/s1. The Hall–Kier alpha value is -10.9. The third-order valence-electron chi connectivity index (χ3n) is 23.6. The fourth-order valence-electron chi connectivity index (χ4n) is 16.3. The maximum absolute atomic E-state index is 15.7. The Labute approximate surface area is 755 Å². The number of hydrogen-bond acceptors (Lipinski definition) is 21. The van der Waals surface area contributed by atoms with Crippen LogP contribution in [0.25, 0.3) is 0 Å². The van der Waals surface area contributed by atoms with Crippen molar-refractivity contribution >= 4 is 76.9 Å². The van der Waals surface area contributed by atoms with Crippen molar-refractivity contribution in [1.82, 2.24) is 65.8 Å². The van der Waals surface area contributed by atoms with E-state index in [1.165, 1.54) is 141 Å². The van der Waals surface area contributed by atoms with E-state index in [1.54, 1.807) is 78.0 Å². The van der Waals surface area contributed by atoms with E-state index >= 15 is 19.2 Å². The number of fused-ring (bicyclic) bond motifs is 4. The molecule has 0 saturated carbocycles. The molecule has 14 atom stereocenters. The fourth-order valence-corrected chi connectivity index (χ4v) is 16.3. The van der Waals surface area contributed by atoms with Gasteiger partial charge in [-0.15, -0.1) is 0 Å². The number of esters is 1. The van der Waals surface area contributed by atoms with Crippen LogP contribution in [0.15, 0.2) is 139 Å². The molecule has 2 saturated heterocycles. The molecule has 1 aromatic rings. The molecule has 33 heteroatoms. The van der Waals surface area contributed by atoms with Crippen LogP contribution in [0, 0.1) is 35.5 Å². The van der Waals surface area contributed by atoms with Crippen molar-refractivity contribution in [3.05, 3.63) is 155 Å². The summed E-state index contributed by atoms with van der Waals surface area (Å²) in [5.41, 5.74) is 0.0325. The highest BCUT2D eigenvalue weighted by Crippen LogP contribution is 2.50. The molecule has 0 aromatic heterocycles. The third-order valence-corrected chi connectivity index (χ3v) is 23.6. The van der Waals surface area contributed by atoms with Crippen molar-refractivity contribution in [2.75, 3.05) is 95.4 Å². The normalized spacial score (nSPS) is 27.4. The summed E-state index contributed by atoms with van der Waals surface area (Å²) in [5, 5.41) is 59.7. The number of carbonyl (C=O) groups is 13. The molecule has 4 aliphatic heterocycles. The average molecular weight is 1790 g/mol. The number of carbonyl (C=O) groups excluding carboxylic acids is 13. The zero-order valence-corrected chi connectivity index (χ0v) is 79.3. The van der Waals surface area contributed by atoms with Gasteiger partial charge in [-0.1, -0.05) is 164 Å². The highest BCUT2D eigenvalue weighted by atomic mass is 16.6. The monoisotopic (exact) mass is 1790 g/mol. The minimum Gasteiger partial charge on any atom is -0.508 e. The molecular formula is C95H143N13O20. The number of rotatable bonds is 26. The smallest absolute Gasteiger partial charge is 0.340 e. The summed E-state index contributed by atoms with van der Waals surface area (Å²) in [6, 6.07) is -9.47. The van der Waals surface area contributed by atoms with Crippen molar-refractivity contribution in [2.45, 2.75) is 234 Å². The predicted octanol–water partition coefficient (Wildman–Crippen LogP) is 6.06. The lowest BCUT2D eigenvalue weighted by Gasteiger charge is -2.43. The van der Waals surface area contributed by atoms with Gasteiger partial charge in [0.1, 0.15) is 78.8 Å². The number of nitrogens with one attached hydrogen (secondary N) is 5. The van der Waals surface area contributed by atoms with Crippen molar-refractivity contribution in [1.29, 1.82) is 0 Å². The van der Waals surface area contributed by atoms with Crippen LogP contribution >= 0.6 is 0 Å². The molecule has 4 aliphatic rings. The molecule has 1 spiro atoms. The van der Waals surface area contributed by atoms with Gasteiger partial charge in [-0.3, -0.25) is 62.4 Å². The second-order valence-corrected chi connectivity index (χ2v) is 35.9. The lowest BCUT2D eigenvalue weighted by molar-refractivity contribution is -0.157. The quantitative estimate of drug-likeness (QED) is 0.0220. The number of likely N-dealkylation sites (N-methyl/N-ethyl adjacent to an activating group) is 7. The lowest BCUT2D eigenvalue weighted by atomic mass is 9.77. The molecule has 1 aromatic carbocycles. The number of ether oxygens (including phenoxy) is 3. The summed E-state index contributed by atoms with van der Waals surface area (Å²) < 4.78 is 17.8. The Morgan fingerprint density at radius 1 is 0.656 bits per heavy atom. The molecule has 0 radical (unpaired) electrons. The van der Waals surface area contributed by atoms with Crippen molar-refractivity contribution < 1.29 is 97.0 Å². The van der Waals surface area contributed by atoms with Crippen LogP contribution in [0.4, 0.5) is 0 Å². The molecule has 5 rings (SSSR count). The number of nitrogens with zero attached hydrogens (tertiary/aromatic N) is 8. The van der Waals surface area contributed by atoms with Crippen LogP contribution in [0.2, 0.25) is 0 Å². The van der Waals surface area contributed by atoms with Crippen molar-refractivity contribution in [2.24, 2.45) is 35.5 Å². The molecule has 128 heavy (non-hydrogen) atoms. The Morgan fingerprint density at radius 2 is 1.24 bits per heavy atom. The lowest BCUT2D eigenvalue weighted by Crippen LogP contribution is -2.62. The van der Waals surface area contributed by atoms with Gasteiger partial charge in [-0.2, -0.15) is 0 Å². The van der Waals surface area contributed by atoms with Crippen LogP contribution in [-0.2, 0) is 72.6 Å². The summed E-state index contributed by atoms with van der Waals surface area (Å²) in [4.78, 5) is 200. The Bertz CT molecular complexity index is 4420. The van der Waals surface area contributed by atoms with Crippen molar-refractivity contribution in [3.8, 4) is 0 Å². The van der Waals surface area contributed by atoms with Gasteiger partial charge in [-0.25, -0.2) is 4.79 Å². The number of hydrogen-bond donors (Lipinski definition) is 9. The predicted molar refractivity (Wildman–Crippen MR) is 487 cm³/mol. The Morgan fingerprint density at radius 3 is 1.81 bits per heavy atom. The van der Waals surface area contributed by atoms with E-state index < -0.39 is 186 Å². The first-order valence-electron chi connectivity index (χ1n) is 44.2. The zero-order valence-electron chi connectivity index (χ0n) is 79.3. The molecular weight excluding hydrogens is 1640 g/mol. The van der Waals surface area contributed by atoms with Crippen LogP contribution < -0.4 is 26.6 Å². The van der Waals surface area contributed by atoms with E-state index in [4.69, 9.17) is 14.2 Å². The average Bonchev–Trinajstić information content (AvgIpc) is 1.57. The van der Waals surface area contributed by atoms with Crippen molar-refractivity contribution in [3.63, 3.8) is 0 Å². The van der Waals surface area contributed by atoms with Gasteiger partial charge in [0.25, 0.3) is 5.91 Å². The number of aliphatic hydroxyl groups excluding tert-OH is 4. The van der Waals surface area contributed by atoms with E-state index in [-0.39, 0.29) is 134 Å². The maximum Gasteiger partial charge on any atom is 0.340 e. The minimum atomic E-state index is -1.72. The van der Waals surface area contributed by atoms with Crippen LogP contribution in [-0.4, -0.2) is 311 Å². The second-order valence-electron chi connectivity index (χ2n) is 35.9. The van der Waals surface area contributed by atoms with Crippen LogP contribution in [0.1, 0.15) is 176 Å². The molecule has 2 bridgehead atoms. The van der Waals surface area contributed by atoms with E-state index in [1.807, 2.05) is 55.4 Å². The third kappa shape index (κ3) is 27.1. The van der Waals surface area contributed by atoms with Gasteiger partial charge in [-0.05, 0) is 143 Å². The van der Waals surface area contributed by atoms with Gasteiger partial charge in [0.2, 0.25) is 65.0 Å². The first kappa shape index (κ1) is 108. The SMILES string of the molecule is C=C/C=C1\C(=C/CO)OC/C=C(O)\C=C/C(=C)C12OC(=O)c1cc(C(=O)NCCOCCNC(=O)/C(C)=C/C=C(C=C)/C=C/CC3[C@@H](O)[C@H]4C(=O)N3[C@@H](CC)C(=O)N(C)CC(=O)N(C)C(CC(C)C)C(=O)NC(C(C)C)C(=O)N(C)[C@@H](CC(C)C)C(=O)NC(C)C(=O)N[C@H](C)C(=O)N(C)C(CC(C)C)[C@H](O)N(C)C(CC(C)C)C(=O)N(C)[C@@H](C(C)C)C(=O)N4C)ccc12. The van der Waals surface area contributed by atoms with Crippen LogP contribution in [0.3, 0.4) is 0 Å². The first-order chi connectivity index (χ1) is 60.0. The number of amides is 12. The molecule has 7 unspecified atom stereocenters. The van der Waals surface area contributed by atoms with Gasteiger partial charge in [0, 0.05) is 77.6 Å². The van der Waals surface area contributed by atoms with E-state index in [0.29, 0.717) is 11.1 Å². The number of benzene rings is 1. The molecule has 9 N–H and O–H groups in total. The van der Waals surface area contributed by atoms with E-state index in [2.05, 4.69) is 46.3 Å². The molecule has 0 aliphatic carbocycles. The van der Waals surface area contributed by atoms with Gasteiger partial charge in [0.05, 0.1) is 50.1 Å². The summed E-state index contributed by atoms with van der Waals surface area (Å²) >= 11 is 0. The molecule has 2 fully saturated rings. The van der Waals surface area contributed by atoms with Gasteiger partial charge >= 0.3 is 5.97 Å². The molecule has 4 heterocycles. The fraction of sp³-hybridized carbons (Fsp3) is 0.589. The second kappa shape index (κ2) is 49.1. The Kier molecular flexibility index (Phi) is 41.3. The number of aliphatic hydroxyl groups is 4. The molecule has 33 nitrogen and oxygen atoms in total. The van der Waals surface area contributed by atoms with Gasteiger partial charge < -0.3 is 95.5 Å². The number of allylic oxidation sites excluding steroid dienone is 8. The summed E-state index contributed by atoms with van der Waals surface area (Å²) in [5.74, 6) is -10.8. The molecule has 708 valence electrons. The summed E-state index contributed by atoms with van der Waals surface area (Å²) in [7, 11) is 9.96. The largest absolute Gasteiger partial charge is 0.508 e. The van der Waals surface area contributed by atoms with E-state index in [9.17, 15) is 63.6 Å². The zero-order chi connectivity index (χ0) is 96.5. The summed E-state index contributed by atoms with van der Waals surface area (Å²) in [6.45, 7) is 38.8. The highest BCUT2D eigenvalue weighted by Gasteiger charge is 2.56. The Balaban J connectivity index is 1.47. The van der Waals surface area contributed by atoms with E-state index in [0.717, 1.165) is 9.80 Å². The maximum atomic E-state index is 15.7. The molecule has 12 amide bonds. The van der Waals surface area contributed by atoms with Gasteiger partial charge in [0.15, 0.2) is 5.60 Å².